The third-order valence-electron chi connectivity index (χ3n) is 5.01. The molecule has 11 heteroatoms. The van der Waals surface area contributed by atoms with Gasteiger partial charge in [0.25, 0.3) is 5.91 Å². The summed E-state index contributed by atoms with van der Waals surface area (Å²) in [5.41, 5.74) is 1.42. The van der Waals surface area contributed by atoms with E-state index in [4.69, 9.17) is 9.47 Å². The number of hydrogen-bond donors (Lipinski definition) is 3. The van der Waals surface area contributed by atoms with E-state index in [9.17, 15) is 18.0 Å². The Morgan fingerprint density at radius 2 is 1.88 bits per heavy atom. The number of rotatable bonds is 10. The molecule has 0 atom stereocenters. The Labute approximate surface area is 199 Å². The maximum Gasteiger partial charge on any atom is 0.253 e. The summed E-state index contributed by atoms with van der Waals surface area (Å²) in [5.74, 6) is -0.0929. The lowest BCUT2D eigenvalue weighted by molar-refractivity contribution is -0.114. The number of ether oxygens (including phenoxy) is 2. The lowest BCUT2D eigenvalue weighted by Gasteiger charge is -2.26. The molecular formula is C23H30N4O6S. The number of nitrogens with one attached hydrogen (secondary N) is 3. The molecule has 1 saturated heterocycles. The van der Waals surface area contributed by atoms with Gasteiger partial charge in [0, 0.05) is 38.8 Å². The summed E-state index contributed by atoms with van der Waals surface area (Å²) in [5, 5.41) is 5.38. The van der Waals surface area contributed by atoms with Crippen LogP contribution in [0.2, 0.25) is 0 Å². The fraction of sp³-hybridized carbons (Fsp3) is 0.391. The second-order valence-corrected chi connectivity index (χ2v) is 9.70. The third kappa shape index (κ3) is 8.32. The molecule has 1 aliphatic heterocycles. The molecule has 0 aliphatic carbocycles. The molecule has 1 fully saturated rings. The molecule has 10 nitrogen and oxygen atoms in total. The van der Waals surface area contributed by atoms with Gasteiger partial charge < -0.3 is 20.1 Å². The second-order valence-electron chi connectivity index (χ2n) is 7.95. The van der Waals surface area contributed by atoms with E-state index in [0.29, 0.717) is 18.0 Å². The first-order chi connectivity index (χ1) is 16.2. The quantitative estimate of drug-likeness (QED) is 0.462. The highest BCUT2D eigenvalue weighted by molar-refractivity contribution is 7.92. The molecule has 0 saturated carbocycles. The molecule has 2 amide bonds. The number of carbonyl (C=O) groups excluding carboxylic acids is 2. The number of carbonyl (C=O) groups is 2. The largest absolute Gasteiger partial charge is 0.492 e. The number of amides is 2. The fourth-order valence-corrected chi connectivity index (χ4v) is 4.02. The monoisotopic (exact) mass is 490 g/mol. The van der Waals surface area contributed by atoms with Crippen LogP contribution in [0.1, 0.15) is 22.8 Å². The van der Waals surface area contributed by atoms with Crippen molar-refractivity contribution in [3.05, 3.63) is 53.6 Å². The highest BCUT2D eigenvalue weighted by Crippen LogP contribution is 2.22. The summed E-state index contributed by atoms with van der Waals surface area (Å²) >= 11 is 0. The number of nitrogens with zero attached hydrogens (tertiary/aromatic N) is 1. The minimum atomic E-state index is -3.60. The van der Waals surface area contributed by atoms with E-state index >= 15 is 0 Å². The van der Waals surface area contributed by atoms with Gasteiger partial charge in [0.1, 0.15) is 12.4 Å². The van der Waals surface area contributed by atoms with Crippen LogP contribution in [0.15, 0.2) is 42.5 Å². The van der Waals surface area contributed by atoms with Crippen molar-refractivity contribution in [2.45, 2.75) is 13.5 Å². The molecule has 0 unspecified atom stereocenters. The summed E-state index contributed by atoms with van der Waals surface area (Å²) in [7, 11) is -3.60. The second kappa shape index (κ2) is 11.8. The summed E-state index contributed by atoms with van der Waals surface area (Å²) in [6, 6.07) is 11.8. The van der Waals surface area contributed by atoms with Crippen molar-refractivity contribution in [1.82, 2.24) is 10.2 Å². The van der Waals surface area contributed by atoms with Crippen molar-refractivity contribution in [2.75, 3.05) is 55.7 Å². The van der Waals surface area contributed by atoms with E-state index in [0.717, 1.165) is 44.7 Å². The minimum absolute atomic E-state index is 0.0922. The average molecular weight is 491 g/mol. The van der Waals surface area contributed by atoms with E-state index in [2.05, 4.69) is 20.3 Å². The van der Waals surface area contributed by atoms with Crippen LogP contribution in [0.4, 0.5) is 11.4 Å². The Morgan fingerprint density at radius 1 is 1.12 bits per heavy atom. The number of hydrogen-bond acceptors (Lipinski definition) is 7. The molecule has 3 rings (SSSR count). The van der Waals surface area contributed by atoms with E-state index < -0.39 is 15.9 Å². The summed E-state index contributed by atoms with van der Waals surface area (Å²) < 4.78 is 36.9. The van der Waals surface area contributed by atoms with Crippen LogP contribution in [0.5, 0.6) is 5.75 Å². The van der Waals surface area contributed by atoms with E-state index in [-0.39, 0.29) is 23.7 Å². The summed E-state index contributed by atoms with van der Waals surface area (Å²) in [6.45, 7) is 6.19. The maximum absolute atomic E-state index is 12.9. The molecule has 2 aromatic carbocycles. The van der Waals surface area contributed by atoms with Gasteiger partial charge >= 0.3 is 0 Å². The average Bonchev–Trinajstić information content (AvgIpc) is 2.78. The summed E-state index contributed by atoms with van der Waals surface area (Å²) in [6.07, 6.45) is 1.00. The normalized spacial score (nSPS) is 14.3. The fourth-order valence-electron chi connectivity index (χ4n) is 3.44. The molecule has 0 aromatic heterocycles. The molecular weight excluding hydrogens is 460 g/mol. The Balaban J connectivity index is 1.62. The SMILES string of the molecule is CC(=O)Nc1ccc(NS(C)(=O)=O)c(C(=O)NCc2cccc(OCCN3CCOCC3)c2)c1. The highest BCUT2D eigenvalue weighted by atomic mass is 32.2. The van der Waals surface area contributed by atoms with Crippen molar-refractivity contribution in [1.29, 1.82) is 0 Å². The first-order valence-corrected chi connectivity index (χ1v) is 12.8. The van der Waals surface area contributed by atoms with Gasteiger partial charge in [0.05, 0.1) is 30.7 Å². The zero-order valence-electron chi connectivity index (χ0n) is 19.3. The number of benzene rings is 2. The standard InChI is InChI=1S/C23H30N4O6S/c1-17(28)25-19-6-7-22(26-34(2,30)31)21(15-19)23(29)24-16-18-4-3-5-20(14-18)33-13-10-27-8-11-32-12-9-27/h3-7,14-15,26H,8-13,16H2,1-2H3,(H,24,29)(H,25,28). The highest BCUT2D eigenvalue weighted by Gasteiger charge is 2.16. The zero-order valence-corrected chi connectivity index (χ0v) is 20.1. The van der Waals surface area contributed by atoms with Crippen molar-refractivity contribution < 1.29 is 27.5 Å². The first-order valence-electron chi connectivity index (χ1n) is 10.9. The Morgan fingerprint density at radius 3 is 2.59 bits per heavy atom. The van der Waals surface area contributed by atoms with Crippen molar-refractivity contribution >= 4 is 33.2 Å². The number of sulfonamides is 1. The molecule has 34 heavy (non-hydrogen) atoms. The van der Waals surface area contributed by atoms with Crippen molar-refractivity contribution in [3.63, 3.8) is 0 Å². The molecule has 0 radical (unpaired) electrons. The Bertz CT molecular complexity index is 1120. The predicted molar refractivity (Wildman–Crippen MR) is 130 cm³/mol. The zero-order chi connectivity index (χ0) is 24.6. The summed E-state index contributed by atoms with van der Waals surface area (Å²) in [4.78, 5) is 26.5. The van der Waals surface area contributed by atoms with Crippen LogP contribution in [0.3, 0.4) is 0 Å². The predicted octanol–water partition coefficient (Wildman–Crippen LogP) is 1.66. The molecule has 2 aromatic rings. The van der Waals surface area contributed by atoms with Gasteiger partial charge in [-0.3, -0.25) is 19.2 Å². The molecule has 1 heterocycles. The van der Waals surface area contributed by atoms with Crippen LogP contribution in [0.25, 0.3) is 0 Å². The van der Waals surface area contributed by atoms with Crippen molar-refractivity contribution in [3.8, 4) is 5.75 Å². The molecule has 184 valence electrons. The van der Waals surface area contributed by atoms with Crippen molar-refractivity contribution in [2.24, 2.45) is 0 Å². The van der Waals surface area contributed by atoms with Gasteiger partial charge in [-0.15, -0.1) is 0 Å². The van der Waals surface area contributed by atoms with Gasteiger partial charge in [-0.2, -0.15) is 0 Å². The van der Waals surface area contributed by atoms with Crippen LogP contribution >= 0.6 is 0 Å². The number of anilines is 2. The third-order valence-corrected chi connectivity index (χ3v) is 5.60. The number of morpholine rings is 1. The van der Waals surface area contributed by atoms with Crippen LogP contribution in [-0.2, 0) is 26.1 Å². The molecule has 0 bridgehead atoms. The van der Waals surface area contributed by atoms with Crippen LogP contribution in [-0.4, -0.2) is 70.8 Å². The van der Waals surface area contributed by atoms with E-state index in [1.54, 1.807) is 0 Å². The van der Waals surface area contributed by atoms with E-state index in [1.165, 1.54) is 25.1 Å². The molecule has 3 N–H and O–H groups in total. The topological polar surface area (TPSA) is 126 Å². The minimum Gasteiger partial charge on any atom is -0.492 e. The van der Waals surface area contributed by atoms with Gasteiger partial charge in [-0.05, 0) is 35.9 Å². The van der Waals surface area contributed by atoms with Crippen LogP contribution in [0, 0.1) is 0 Å². The Hall–Kier alpha value is -3.15. The maximum atomic E-state index is 12.9. The van der Waals surface area contributed by atoms with Crippen LogP contribution < -0.4 is 20.1 Å². The Kier molecular flexibility index (Phi) is 8.85. The first kappa shape index (κ1) is 25.5. The van der Waals surface area contributed by atoms with Gasteiger partial charge in [0.2, 0.25) is 15.9 Å². The lowest BCUT2D eigenvalue weighted by atomic mass is 10.1. The van der Waals surface area contributed by atoms with Gasteiger partial charge in [0.15, 0.2) is 0 Å². The molecule has 0 spiro atoms. The van der Waals surface area contributed by atoms with Gasteiger partial charge in [-0.1, -0.05) is 12.1 Å². The lowest BCUT2D eigenvalue weighted by Crippen LogP contribution is -2.38. The smallest absolute Gasteiger partial charge is 0.253 e. The molecule has 1 aliphatic rings. The van der Waals surface area contributed by atoms with Gasteiger partial charge in [-0.25, -0.2) is 8.42 Å². The van der Waals surface area contributed by atoms with E-state index in [1.807, 2.05) is 24.3 Å².